The number of benzene rings is 2. The first-order valence-corrected chi connectivity index (χ1v) is 9.93. The van der Waals surface area contributed by atoms with Crippen LogP contribution in [0, 0.1) is 10.1 Å². The van der Waals surface area contributed by atoms with Crippen molar-refractivity contribution in [3.8, 4) is 17.0 Å². The minimum absolute atomic E-state index is 0.0305. The van der Waals surface area contributed by atoms with Gasteiger partial charge in [-0.25, -0.2) is 9.97 Å². The molecule has 2 aromatic heterocycles. The number of nitrogens with zero attached hydrogens (tertiary/aromatic N) is 4. The summed E-state index contributed by atoms with van der Waals surface area (Å²) in [7, 11) is 0. The molecule has 1 aliphatic rings. The number of aromatic nitrogens is 3. The van der Waals surface area contributed by atoms with E-state index in [0.717, 1.165) is 47.5 Å². The highest BCUT2D eigenvalue weighted by Crippen LogP contribution is 2.41. The van der Waals surface area contributed by atoms with Crippen LogP contribution in [0.3, 0.4) is 0 Å². The fourth-order valence-corrected chi connectivity index (χ4v) is 3.68. The van der Waals surface area contributed by atoms with Crippen LogP contribution in [0.1, 0.15) is 18.9 Å². The van der Waals surface area contributed by atoms with Gasteiger partial charge in [0.2, 0.25) is 5.95 Å². The Morgan fingerprint density at radius 3 is 2.75 bits per heavy atom. The summed E-state index contributed by atoms with van der Waals surface area (Å²) >= 11 is 0. The van der Waals surface area contributed by atoms with E-state index in [-0.39, 0.29) is 23.1 Å². The summed E-state index contributed by atoms with van der Waals surface area (Å²) in [4.78, 5) is 19.2. The molecule has 0 bridgehead atoms. The minimum atomic E-state index is -3.09. The van der Waals surface area contributed by atoms with E-state index < -0.39 is 11.5 Å². The van der Waals surface area contributed by atoms with Gasteiger partial charge in [-0.3, -0.25) is 10.1 Å². The number of non-ortho nitro benzene ring substituents is 1. The summed E-state index contributed by atoms with van der Waals surface area (Å²) in [6.45, 7) is -3.09. The second kappa shape index (κ2) is 7.88. The number of nitrogens with one attached hydrogen (secondary N) is 1. The average molecular weight is 437 g/mol. The highest BCUT2D eigenvalue weighted by molar-refractivity contribution is 5.95. The molecule has 2 aromatic carbocycles. The lowest BCUT2D eigenvalue weighted by atomic mass is 10.1. The van der Waals surface area contributed by atoms with E-state index in [0.29, 0.717) is 11.7 Å². The molecule has 0 unspecified atom stereocenters. The Balaban J connectivity index is 1.53. The van der Waals surface area contributed by atoms with Crippen LogP contribution in [0.15, 0.2) is 60.9 Å². The van der Waals surface area contributed by atoms with Crippen LogP contribution in [0.5, 0.6) is 5.75 Å². The molecular formula is C22H17F2N5O3. The first-order chi connectivity index (χ1) is 15.5. The molecule has 0 saturated heterocycles. The van der Waals surface area contributed by atoms with Gasteiger partial charge in [0.15, 0.2) is 0 Å². The standard InChI is InChI=1S/C22H17F2N5O3/c23-21(24)32-20-8-7-14(29(30)31)11-18(20)27-22-25-10-9-17(26-22)16-12-28(13-5-6-13)19-4-2-1-3-15(16)19/h1-4,7-13,21H,5-6H2,(H,25,26,27). The monoisotopic (exact) mass is 437 g/mol. The van der Waals surface area contributed by atoms with Gasteiger partial charge in [0, 0.05) is 47.0 Å². The molecule has 0 atom stereocenters. The van der Waals surface area contributed by atoms with Crippen molar-refractivity contribution in [2.24, 2.45) is 0 Å². The molecule has 1 fully saturated rings. The molecular weight excluding hydrogens is 420 g/mol. The van der Waals surface area contributed by atoms with E-state index in [1.807, 2.05) is 18.2 Å². The summed E-state index contributed by atoms with van der Waals surface area (Å²) in [6, 6.07) is 13.6. The number of halogens is 2. The maximum atomic E-state index is 12.8. The Hall–Kier alpha value is -4.08. The molecule has 4 aromatic rings. The van der Waals surface area contributed by atoms with Crippen molar-refractivity contribution < 1.29 is 18.4 Å². The van der Waals surface area contributed by atoms with Gasteiger partial charge < -0.3 is 14.6 Å². The van der Waals surface area contributed by atoms with Gasteiger partial charge in [0.25, 0.3) is 5.69 Å². The Morgan fingerprint density at radius 2 is 2.00 bits per heavy atom. The van der Waals surface area contributed by atoms with Crippen molar-refractivity contribution in [2.75, 3.05) is 5.32 Å². The van der Waals surface area contributed by atoms with Crippen LogP contribution in [-0.2, 0) is 0 Å². The van der Waals surface area contributed by atoms with Gasteiger partial charge >= 0.3 is 6.61 Å². The van der Waals surface area contributed by atoms with Crippen molar-refractivity contribution >= 4 is 28.2 Å². The van der Waals surface area contributed by atoms with Crippen LogP contribution in [0.25, 0.3) is 22.2 Å². The zero-order valence-electron chi connectivity index (χ0n) is 16.6. The maximum Gasteiger partial charge on any atom is 0.387 e. The summed E-state index contributed by atoms with van der Waals surface area (Å²) < 4.78 is 32.3. The SMILES string of the molecule is O=[N+]([O-])c1ccc(OC(F)F)c(Nc2nccc(-c3cn(C4CC4)c4ccccc34)n2)c1. The number of rotatable bonds is 7. The Kier molecular flexibility index (Phi) is 4.89. The third-order valence-electron chi connectivity index (χ3n) is 5.25. The molecule has 162 valence electrons. The molecule has 0 amide bonds. The second-order valence-corrected chi connectivity index (χ2v) is 7.40. The van der Waals surface area contributed by atoms with Gasteiger partial charge in [-0.1, -0.05) is 18.2 Å². The van der Waals surface area contributed by atoms with Crippen molar-refractivity contribution in [3.05, 3.63) is 71.0 Å². The first kappa shape index (κ1) is 19.9. The van der Waals surface area contributed by atoms with Gasteiger partial charge in [-0.2, -0.15) is 8.78 Å². The lowest BCUT2D eigenvalue weighted by Crippen LogP contribution is -2.06. The molecule has 32 heavy (non-hydrogen) atoms. The average Bonchev–Trinajstić information content (AvgIpc) is 3.55. The first-order valence-electron chi connectivity index (χ1n) is 9.93. The third-order valence-corrected chi connectivity index (χ3v) is 5.25. The fourth-order valence-electron chi connectivity index (χ4n) is 3.68. The summed E-state index contributed by atoms with van der Waals surface area (Å²) in [5.41, 5.74) is 2.36. The Labute approximate surface area is 180 Å². The molecule has 0 radical (unpaired) electrons. The van der Waals surface area contributed by atoms with E-state index in [1.54, 1.807) is 12.3 Å². The van der Waals surface area contributed by atoms with Crippen LogP contribution in [0.2, 0.25) is 0 Å². The van der Waals surface area contributed by atoms with E-state index >= 15 is 0 Å². The summed E-state index contributed by atoms with van der Waals surface area (Å²) in [5.74, 6) is -0.143. The largest absolute Gasteiger partial charge is 0.433 e. The topological polar surface area (TPSA) is 95.1 Å². The zero-order valence-corrected chi connectivity index (χ0v) is 16.6. The van der Waals surface area contributed by atoms with Crippen LogP contribution < -0.4 is 10.1 Å². The molecule has 1 saturated carbocycles. The fraction of sp³-hybridized carbons (Fsp3) is 0.182. The van der Waals surface area contributed by atoms with Gasteiger partial charge in [0.05, 0.1) is 16.3 Å². The molecule has 0 aliphatic heterocycles. The summed E-state index contributed by atoms with van der Waals surface area (Å²) in [6.07, 6.45) is 5.87. The quantitative estimate of drug-likeness (QED) is 0.295. The Bertz CT molecular complexity index is 1320. The maximum absolute atomic E-state index is 12.8. The zero-order chi connectivity index (χ0) is 22.2. The number of hydrogen-bond acceptors (Lipinski definition) is 6. The van der Waals surface area contributed by atoms with Crippen molar-refractivity contribution in [1.29, 1.82) is 0 Å². The number of nitro benzene ring substituents is 1. The van der Waals surface area contributed by atoms with Crippen LogP contribution in [-0.4, -0.2) is 26.1 Å². The molecule has 0 spiro atoms. The number of ether oxygens (including phenoxy) is 1. The number of para-hydroxylation sites is 1. The third kappa shape index (κ3) is 3.82. The van der Waals surface area contributed by atoms with E-state index in [1.165, 1.54) is 0 Å². The highest BCUT2D eigenvalue weighted by Gasteiger charge is 2.26. The lowest BCUT2D eigenvalue weighted by Gasteiger charge is -2.12. The van der Waals surface area contributed by atoms with E-state index in [4.69, 9.17) is 0 Å². The molecule has 5 rings (SSSR count). The second-order valence-electron chi connectivity index (χ2n) is 7.40. The molecule has 1 aliphatic carbocycles. The smallest absolute Gasteiger partial charge is 0.387 e. The molecule has 10 heteroatoms. The van der Waals surface area contributed by atoms with Crippen LogP contribution >= 0.6 is 0 Å². The number of hydrogen-bond donors (Lipinski definition) is 1. The van der Waals surface area contributed by atoms with Gasteiger partial charge in [-0.15, -0.1) is 0 Å². The van der Waals surface area contributed by atoms with E-state index in [9.17, 15) is 18.9 Å². The predicted molar refractivity (Wildman–Crippen MR) is 114 cm³/mol. The highest BCUT2D eigenvalue weighted by atomic mass is 19.3. The summed E-state index contributed by atoms with van der Waals surface area (Å²) in [5, 5.41) is 14.9. The van der Waals surface area contributed by atoms with Gasteiger partial charge in [-0.05, 0) is 31.0 Å². The number of nitro groups is 1. The number of fused-ring (bicyclic) bond motifs is 1. The molecule has 8 nitrogen and oxygen atoms in total. The molecule has 1 N–H and O–H groups in total. The number of alkyl halides is 2. The molecule has 2 heterocycles. The predicted octanol–water partition coefficient (Wildman–Crippen LogP) is 5.69. The van der Waals surface area contributed by atoms with Crippen molar-refractivity contribution in [3.63, 3.8) is 0 Å². The lowest BCUT2D eigenvalue weighted by molar-refractivity contribution is -0.384. The van der Waals surface area contributed by atoms with Gasteiger partial charge in [0.1, 0.15) is 5.75 Å². The van der Waals surface area contributed by atoms with Crippen LogP contribution in [0.4, 0.5) is 26.1 Å². The van der Waals surface area contributed by atoms with Crippen molar-refractivity contribution in [1.82, 2.24) is 14.5 Å². The number of anilines is 2. The van der Waals surface area contributed by atoms with Crippen molar-refractivity contribution in [2.45, 2.75) is 25.5 Å². The minimum Gasteiger partial charge on any atom is -0.433 e. The van der Waals surface area contributed by atoms with E-state index in [2.05, 4.69) is 36.9 Å². The Morgan fingerprint density at radius 1 is 1.19 bits per heavy atom. The normalized spacial score (nSPS) is 13.5.